The van der Waals surface area contributed by atoms with Crippen LogP contribution in [0.15, 0.2) is 17.8 Å². The molecule has 0 aliphatic carbocycles. The zero-order valence-corrected chi connectivity index (χ0v) is 13.3. The molecule has 110 valence electrons. The summed E-state index contributed by atoms with van der Waals surface area (Å²) in [4.78, 5) is 5.60. The Balaban J connectivity index is 2.16. The summed E-state index contributed by atoms with van der Waals surface area (Å²) in [5.74, 6) is 2.50. The van der Waals surface area contributed by atoms with Gasteiger partial charge in [0.15, 0.2) is 0 Å². The molecule has 0 amide bonds. The minimum atomic E-state index is 0.195. The molecular formula is C14H22N4OS. The molecule has 2 aromatic heterocycles. The Morgan fingerprint density at radius 3 is 2.90 bits per heavy atom. The Hall–Kier alpha value is -1.40. The summed E-state index contributed by atoms with van der Waals surface area (Å²) >= 11 is 1.70. The second kappa shape index (κ2) is 6.85. The van der Waals surface area contributed by atoms with Crippen LogP contribution in [0.3, 0.4) is 0 Å². The largest absolute Gasteiger partial charge is 0.496 e. The SMILES string of the molecule is CNC(Cc1ncnn1CC(C)C)c1sccc1OC. The number of hydrogen-bond acceptors (Lipinski definition) is 5. The van der Waals surface area contributed by atoms with Crippen molar-refractivity contribution in [2.45, 2.75) is 32.9 Å². The van der Waals surface area contributed by atoms with Gasteiger partial charge in [0.2, 0.25) is 0 Å². The summed E-state index contributed by atoms with van der Waals surface area (Å²) in [6.45, 7) is 5.26. The maximum atomic E-state index is 5.41. The summed E-state index contributed by atoms with van der Waals surface area (Å²) in [6, 6.07) is 2.20. The molecule has 0 aromatic carbocycles. The first kappa shape index (κ1) is 15.0. The van der Waals surface area contributed by atoms with E-state index < -0.39 is 0 Å². The zero-order valence-electron chi connectivity index (χ0n) is 12.5. The molecule has 0 aliphatic heterocycles. The quantitative estimate of drug-likeness (QED) is 0.852. The van der Waals surface area contributed by atoms with Crippen molar-refractivity contribution >= 4 is 11.3 Å². The van der Waals surface area contributed by atoms with E-state index in [1.807, 2.05) is 17.8 Å². The first-order valence-electron chi connectivity index (χ1n) is 6.81. The van der Waals surface area contributed by atoms with Gasteiger partial charge in [0, 0.05) is 13.0 Å². The number of nitrogens with one attached hydrogen (secondary N) is 1. The smallest absolute Gasteiger partial charge is 0.138 e. The fraction of sp³-hybridized carbons (Fsp3) is 0.571. The van der Waals surface area contributed by atoms with E-state index in [9.17, 15) is 0 Å². The summed E-state index contributed by atoms with van der Waals surface area (Å²) in [5.41, 5.74) is 0. The predicted octanol–water partition coefficient (Wildman–Crippen LogP) is 2.51. The number of likely N-dealkylation sites (N-methyl/N-ethyl adjacent to an activating group) is 1. The lowest BCUT2D eigenvalue weighted by Gasteiger charge is -2.17. The highest BCUT2D eigenvalue weighted by Crippen LogP contribution is 2.32. The van der Waals surface area contributed by atoms with E-state index in [-0.39, 0.29) is 6.04 Å². The fourth-order valence-corrected chi connectivity index (χ4v) is 3.16. The molecule has 6 heteroatoms. The lowest BCUT2D eigenvalue weighted by atomic mass is 10.1. The van der Waals surface area contributed by atoms with Gasteiger partial charge in [0.05, 0.1) is 18.0 Å². The second-order valence-electron chi connectivity index (χ2n) is 5.15. The van der Waals surface area contributed by atoms with Crippen LogP contribution in [-0.4, -0.2) is 28.9 Å². The van der Waals surface area contributed by atoms with Gasteiger partial charge in [0.1, 0.15) is 17.9 Å². The number of hydrogen-bond donors (Lipinski definition) is 1. The minimum Gasteiger partial charge on any atom is -0.496 e. The van der Waals surface area contributed by atoms with Crippen molar-refractivity contribution in [1.82, 2.24) is 20.1 Å². The van der Waals surface area contributed by atoms with Gasteiger partial charge in [-0.05, 0) is 24.4 Å². The molecule has 0 fully saturated rings. The molecule has 20 heavy (non-hydrogen) atoms. The number of nitrogens with zero attached hydrogens (tertiary/aromatic N) is 3. The van der Waals surface area contributed by atoms with Crippen molar-refractivity contribution in [1.29, 1.82) is 0 Å². The Labute approximate surface area is 124 Å². The van der Waals surface area contributed by atoms with E-state index >= 15 is 0 Å². The molecule has 2 aromatic rings. The van der Waals surface area contributed by atoms with E-state index in [4.69, 9.17) is 4.74 Å². The zero-order chi connectivity index (χ0) is 14.5. The molecule has 1 atom stereocenters. The molecule has 0 spiro atoms. The monoisotopic (exact) mass is 294 g/mol. The summed E-state index contributed by atoms with van der Waals surface area (Å²) < 4.78 is 7.40. The van der Waals surface area contributed by atoms with Crippen molar-refractivity contribution in [2.24, 2.45) is 5.92 Å². The highest BCUT2D eigenvalue weighted by Gasteiger charge is 2.19. The third-order valence-corrected chi connectivity index (χ3v) is 4.17. The van der Waals surface area contributed by atoms with Gasteiger partial charge in [-0.2, -0.15) is 5.10 Å². The van der Waals surface area contributed by atoms with E-state index in [2.05, 4.69) is 34.6 Å². The van der Waals surface area contributed by atoms with Crippen LogP contribution < -0.4 is 10.1 Å². The summed E-state index contributed by atoms with van der Waals surface area (Å²) in [6.07, 6.45) is 2.44. The van der Waals surface area contributed by atoms with Gasteiger partial charge >= 0.3 is 0 Å². The van der Waals surface area contributed by atoms with Crippen LogP contribution in [0.1, 0.15) is 30.6 Å². The van der Waals surface area contributed by atoms with Crippen LogP contribution in [0, 0.1) is 5.92 Å². The van der Waals surface area contributed by atoms with Crippen molar-refractivity contribution in [2.75, 3.05) is 14.2 Å². The van der Waals surface area contributed by atoms with Crippen LogP contribution in [-0.2, 0) is 13.0 Å². The number of aromatic nitrogens is 3. The Morgan fingerprint density at radius 1 is 1.45 bits per heavy atom. The third kappa shape index (κ3) is 3.37. The van der Waals surface area contributed by atoms with Crippen molar-refractivity contribution < 1.29 is 4.74 Å². The second-order valence-corrected chi connectivity index (χ2v) is 6.10. The molecule has 0 bridgehead atoms. The van der Waals surface area contributed by atoms with Crippen molar-refractivity contribution in [3.8, 4) is 5.75 Å². The average molecular weight is 294 g/mol. The lowest BCUT2D eigenvalue weighted by molar-refractivity contribution is 0.402. The molecule has 0 saturated heterocycles. The fourth-order valence-electron chi connectivity index (χ4n) is 2.18. The molecule has 0 aliphatic rings. The van der Waals surface area contributed by atoms with Crippen LogP contribution in [0.4, 0.5) is 0 Å². The maximum absolute atomic E-state index is 5.41. The highest BCUT2D eigenvalue weighted by molar-refractivity contribution is 7.10. The number of methoxy groups -OCH3 is 1. The lowest BCUT2D eigenvalue weighted by Crippen LogP contribution is -2.21. The van der Waals surface area contributed by atoms with Gasteiger partial charge in [-0.25, -0.2) is 9.67 Å². The van der Waals surface area contributed by atoms with Crippen LogP contribution in [0.25, 0.3) is 0 Å². The molecule has 5 nitrogen and oxygen atoms in total. The summed E-state index contributed by atoms with van der Waals surface area (Å²) in [7, 11) is 3.67. The summed E-state index contributed by atoms with van der Waals surface area (Å²) in [5, 5.41) is 9.72. The maximum Gasteiger partial charge on any atom is 0.138 e. The molecule has 2 heterocycles. The minimum absolute atomic E-state index is 0.195. The Bertz CT molecular complexity index is 535. The van der Waals surface area contributed by atoms with E-state index in [1.165, 1.54) is 4.88 Å². The molecule has 0 radical (unpaired) electrons. The van der Waals surface area contributed by atoms with Gasteiger partial charge in [0.25, 0.3) is 0 Å². The normalized spacial score (nSPS) is 12.8. The number of rotatable bonds is 7. The predicted molar refractivity (Wildman–Crippen MR) is 81.2 cm³/mol. The molecule has 0 saturated carbocycles. The van der Waals surface area contributed by atoms with Crippen LogP contribution in [0.5, 0.6) is 5.75 Å². The standard InChI is InChI=1S/C14H22N4OS/c1-10(2)8-18-13(16-9-17-18)7-11(15-3)14-12(19-4)5-6-20-14/h5-6,9-11,15H,7-8H2,1-4H3. The van der Waals surface area contributed by atoms with E-state index in [0.717, 1.165) is 24.5 Å². The van der Waals surface area contributed by atoms with Gasteiger partial charge in [-0.15, -0.1) is 11.3 Å². The highest BCUT2D eigenvalue weighted by atomic mass is 32.1. The van der Waals surface area contributed by atoms with Crippen molar-refractivity contribution in [3.05, 3.63) is 28.5 Å². The first-order valence-corrected chi connectivity index (χ1v) is 7.69. The molecule has 1 N–H and O–H groups in total. The number of ether oxygens (including phenoxy) is 1. The topological polar surface area (TPSA) is 52.0 Å². The Kier molecular flexibility index (Phi) is 5.14. The Morgan fingerprint density at radius 2 is 2.25 bits per heavy atom. The van der Waals surface area contributed by atoms with Crippen LogP contribution in [0.2, 0.25) is 0 Å². The van der Waals surface area contributed by atoms with Gasteiger partial charge in [-0.1, -0.05) is 13.8 Å². The first-order chi connectivity index (χ1) is 9.65. The molecule has 2 rings (SSSR count). The molecular weight excluding hydrogens is 272 g/mol. The van der Waals surface area contributed by atoms with E-state index in [1.54, 1.807) is 24.8 Å². The third-order valence-electron chi connectivity index (χ3n) is 3.16. The van der Waals surface area contributed by atoms with Crippen molar-refractivity contribution in [3.63, 3.8) is 0 Å². The molecule has 1 unspecified atom stereocenters. The van der Waals surface area contributed by atoms with Gasteiger partial charge < -0.3 is 10.1 Å². The van der Waals surface area contributed by atoms with Crippen LogP contribution >= 0.6 is 11.3 Å². The average Bonchev–Trinajstić information content (AvgIpc) is 3.04. The number of thiophene rings is 1. The van der Waals surface area contributed by atoms with Gasteiger partial charge in [-0.3, -0.25) is 0 Å². The van der Waals surface area contributed by atoms with E-state index in [0.29, 0.717) is 5.92 Å².